The fourth-order valence-corrected chi connectivity index (χ4v) is 4.32. The van der Waals surface area contributed by atoms with Crippen LogP contribution < -0.4 is 16.1 Å². The van der Waals surface area contributed by atoms with Crippen LogP contribution in [-0.2, 0) is 5.41 Å². The van der Waals surface area contributed by atoms with Gasteiger partial charge in [-0.1, -0.05) is 46.8 Å². The number of carboxylic acid groups (broad SMARTS) is 1. The molecule has 1 saturated heterocycles. The van der Waals surface area contributed by atoms with Gasteiger partial charge in [0.15, 0.2) is 0 Å². The van der Waals surface area contributed by atoms with Gasteiger partial charge < -0.3 is 21.1 Å². The molecule has 0 atom stereocenters. The standard InChI is InChI=1S/C27H35N7O3/c1-17(2)18-6-8-20(9-7-18)30-25(35)21-14-19(15-29-24(21)28)22-16-34(31-23(22)27(3,4)5)33-12-10-32(11-13-33)26(36)37/h6-9,14-17H,10-13H2,1-5H3,(H2,28,29)(H,30,35)(H,36,37). The van der Waals surface area contributed by atoms with Crippen LogP contribution in [0, 0.1) is 0 Å². The summed E-state index contributed by atoms with van der Waals surface area (Å²) >= 11 is 0. The zero-order chi connectivity index (χ0) is 26.9. The minimum Gasteiger partial charge on any atom is -0.465 e. The first-order valence-electron chi connectivity index (χ1n) is 12.4. The normalized spacial score (nSPS) is 14.2. The minimum atomic E-state index is -0.911. The Kier molecular flexibility index (Phi) is 7.11. The molecular weight excluding hydrogens is 470 g/mol. The summed E-state index contributed by atoms with van der Waals surface area (Å²) in [4.78, 5) is 31.9. The first-order chi connectivity index (χ1) is 17.4. The van der Waals surface area contributed by atoms with Gasteiger partial charge in [-0.15, -0.1) is 0 Å². The Morgan fingerprint density at radius 3 is 2.30 bits per heavy atom. The van der Waals surface area contributed by atoms with Crippen LogP contribution in [0.15, 0.2) is 42.7 Å². The second kappa shape index (κ2) is 10.1. The average molecular weight is 506 g/mol. The van der Waals surface area contributed by atoms with Gasteiger partial charge in [0.05, 0.1) is 30.5 Å². The second-order valence-electron chi connectivity index (χ2n) is 10.7. The van der Waals surface area contributed by atoms with Crippen LogP contribution in [0.25, 0.3) is 11.1 Å². The van der Waals surface area contributed by atoms with Crippen LogP contribution in [0.5, 0.6) is 0 Å². The van der Waals surface area contributed by atoms with E-state index >= 15 is 0 Å². The molecule has 4 N–H and O–H groups in total. The molecule has 0 aliphatic carbocycles. The van der Waals surface area contributed by atoms with E-state index in [0.29, 0.717) is 37.8 Å². The van der Waals surface area contributed by atoms with Crippen molar-refractivity contribution in [2.24, 2.45) is 0 Å². The lowest BCUT2D eigenvalue weighted by molar-refractivity contribution is 0.102. The molecule has 1 aliphatic heterocycles. The summed E-state index contributed by atoms with van der Waals surface area (Å²) in [6.45, 7) is 12.3. The number of pyridine rings is 1. The summed E-state index contributed by atoms with van der Waals surface area (Å²) in [6.07, 6.45) is 2.66. The van der Waals surface area contributed by atoms with Gasteiger partial charge in [0.25, 0.3) is 5.91 Å². The smallest absolute Gasteiger partial charge is 0.407 e. The van der Waals surface area contributed by atoms with Gasteiger partial charge in [-0.25, -0.2) is 9.78 Å². The molecule has 1 fully saturated rings. The number of nitrogen functional groups attached to an aromatic ring is 1. The predicted molar refractivity (Wildman–Crippen MR) is 145 cm³/mol. The number of hydrogen-bond donors (Lipinski definition) is 3. The number of anilines is 2. The lowest BCUT2D eigenvalue weighted by atomic mass is 9.87. The van der Waals surface area contributed by atoms with E-state index in [1.54, 1.807) is 17.1 Å². The lowest BCUT2D eigenvalue weighted by Crippen LogP contribution is -2.52. The van der Waals surface area contributed by atoms with Crippen molar-refractivity contribution in [2.45, 2.75) is 46.0 Å². The number of carbonyl (C=O) groups excluding carboxylic acids is 1. The van der Waals surface area contributed by atoms with E-state index in [4.69, 9.17) is 10.8 Å². The molecule has 2 amide bonds. The molecule has 2 aromatic heterocycles. The Labute approximate surface area is 217 Å². The maximum absolute atomic E-state index is 13.1. The molecule has 0 saturated carbocycles. The molecule has 0 spiro atoms. The summed E-state index contributed by atoms with van der Waals surface area (Å²) in [5.41, 5.74) is 10.4. The number of piperazine rings is 1. The third-order valence-corrected chi connectivity index (χ3v) is 6.54. The van der Waals surface area contributed by atoms with Crippen LogP contribution in [0.4, 0.5) is 16.3 Å². The maximum atomic E-state index is 13.1. The van der Waals surface area contributed by atoms with Crippen molar-refractivity contribution in [2.75, 3.05) is 42.2 Å². The van der Waals surface area contributed by atoms with Crippen molar-refractivity contribution in [3.8, 4) is 11.1 Å². The van der Waals surface area contributed by atoms with Crippen molar-refractivity contribution in [3.05, 3.63) is 59.5 Å². The van der Waals surface area contributed by atoms with E-state index in [1.165, 1.54) is 10.5 Å². The van der Waals surface area contributed by atoms with Crippen molar-refractivity contribution in [3.63, 3.8) is 0 Å². The quantitative estimate of drug-likeness (QED) is 0.475. The Morgan fingerprint density at radius 1 is 1.08 bits per heavy atom. The van der Waals surface area contributed by atoms with E-state index in [0.717, 1.165) is 16.8 Å². The topological polar surface area (TPSA) is 130 Å². The Hall–Kier alpha value is -4.08. The van der Waals surface area contributed by atoms with Gasteiger partial charge >= 0.3 is 6.09 Å². The zero-order valence-electron chi connectivity index (χ0n) is 22.0. The molecule has 3 heterocycles. The Morgan fingerprint density at radius 2 is 1.73 bits per heavy atom. The summed E-state index contributed by atoms with van der Waals surface area (Å²) in [5, 5.41) is 19.0. The van der Waals surface area contributed by atoms with Gasteiger partial charge in [-0.05, 0) is 29.7 Å². The molecule has 1 aliphatic rings. The van der Waals surface area contributed by atoms with E-state index in [-0.39, 0.29) is 22.7 Å². The molecule has 4 rings (SSSR count). The molecule has 37 heavy (non-hydrogen) atoms. The largest absolute Gasteiger partial charge is 0.465 e. The lowest BCUT2D eigenvalue weighted by Gasteiger charge is -2.34. The van der Waals surface area contributed by atoms with Gasteiger partial charge in [-0.3, -0.25) is 9.80 Å². The molecule has 3 aromatic rings. The maximum Gasteiger partial charge on any atom is 0.407 e. The second-order valence-corrected chi connectivity index (χ2v) is 10.7. The molecule has 10 heteroatoms. The molecule has 0 bridgehead atoms. The average Bonchev–Trinajstić information content (AvgIpc) is 3.31. The highest BCUT2D eigenvalue weighted by molar-refractivity contribution is 6.07. The van der Waals surface area contributed by atoms with E-state index in [1.807, 2.05) is 35.5 Å². The van der Waals surface area contributed by atoms with Crippen LogP contribution in [0.3, 0.4) is 0 Å². The molecule has 196 valence electrons. The summed E-state index contributed by atoms with van der Waals surface area (Å²) < 4.78 is 0. The van der Waals surface area contributed by atoms with Crippen molar-refractivity contribution >= 4 is 23.5 Å². The number of hydrogen-bond acceptors (Lipinski definition) is 6. The van der Waals surface area contributed by atoms with Crippen LogP contribution in [0.1, 0.15) is 62.2 Å². The molecule has 0 unspecified atom stereocenters. The fourth-order valence-electron chi connectivity index (χ4n) is 4.32. The number of nitrogens with two attached hydrogens (primary N) is 1. The summed E-state index contributed by atoms with van der Waals surface area (Å²) in [6, 6.07) is 9.51. The Balaban J connectivity index is 1.63. The third kappa shape index (κ3) is 5.68. The van der Waals surface area contributed by atoms with Crippen LogP contribution in [0.2, 0.25) is 0 Å². The highest BCUT2D eigenvalue weighted by Gasteiger charge is 2.27. The van der Waals surface area contributed by atoms with Gasteiger partial charge in [0, 0.05) is 41.5 Å². The monoisotopic (exact) mass is 505 g/mol. The number of carbonyl (C=O) groups is 2. The number of benzene rings is 1. The number of rotatable bonds is 5. The van der Waals surface area contributed by atoms with Gasteiger partial charge in [0.2, 0.25) is 0 Å². The molecule has 0 radical (unpaired) electrons. The van der Waals surface area contributed by atoms with Crippen LogP contribution in [-0.4, -0.2) is 63.1 Å². The minimum absolute atomic E-state index is 0.148. The molecular formula is C27H35N7O3. The van der Waals surface area contributed by atoms with Gasteiger partial charge in [0.1, 0.15) is 5.82 Å². The Bertz CT molecular complexity index is 1280. The number of aromatic nitrogens is 3. The molecule has 10 nitrogen and oxygen atoms in total. The van der Waals surface area contributed by atoms with Crippen molar-refractivity contribution in [1.29, 1.82) is 0 Å². The third-order valence-electron chi connectivity index (χ3n) is 6.54. The van der Waals surface area contributed by atoms with Crippen molar-refractivity contribution in [1.82, 2.24) is 19.8 Å². The van der Waals surface area contributed by atoms with Crippen LogP contribution >= 0.6 is 0 Å². The number of nitrogens with zero attached hydrogens (tertiary/aromatic N) is 5. The first kappa shape index (κ1) is 26.0. The molecule has 1 aromatic carbocycles. The summed E-state index contributed by atoms with van der Waals surface area (Å²) in [5.74, 6) is 0.216. The van der Waals surface area contributed by atoms with Crippen molar-refractivity contribution < 1.29 is 14.7 Å². The predicted octanol–water partition coefficient (Wildman–Crippen LogP) is 4.13. The SMILES string of the molecule is CC(C)c1ccc(NC(=O)c2cc(-c3cn(N4CCN(C(=O)O)CC4)nc3C(C)(C)C)cnc2N)cc1. The zero-order valence-corrected chi connectivity index (χ0v) is 22.0. The van der Waals surface area contributed by atoms with E-state index in [9.17, 15) is 14.7 Å². The summed E-state index contributed by atoms with van der Waals surface area (Å²) in [7, 11) is 0. The number of nitrogens with one attached hydrogen (secondary N) is 1. The highest BCUT2D eigenvalue weighted by atomic mass is 16.4. The first-order valence-corrected chi connectivity index (χ1v) is 12.4. The van der Waals surface area contributed by atoms with E-state index in [2.05, 4.69) is 44.9 Å². The van der Waals surface area contributed by atoms with E-state index < -0.39 is 6.09 Å². The van der Waals surface area contributed by atoms with Gasteiger partial charge in [-0.2, -0.15) is 9.89 Å². The highest BCUT2D eigenvalue weighted by Crippen LogP contribution is 2.33. The number of amides is 2. The fraction of sp³-hybridized carbons (Fsp3) is 0.407.